The number of hydrogen-bond donors (Lipinski definition) is 1. The highest BCUT2D eigenvalue weighted by molar-refractivity contribution is 7.92. The van der Waals surface area contributed by atoms with Crippen LogP contribution in [0.3, 0.4) is 0 Å². The van der Waals surface area contributed by atoms with Crippen molar-refractivity contribution in [2.45, 2.75) is 38.6 Å². The molecule has 2 fully saturated rings. The fraction of sp³-hybridized carbons (Fsp3) is 0.556. The van der Waals surface area contributed by atoms with Crippen LogP contribution in [0.15, 0.2) is 24.3 Å². The maximum absolute atomic E-state index is 12.4. The summed E-state index contributed by atoms with van der Waals surface area (Å²) in [5.74, 6) is 0.785. The van der Waals surface area contributed by atoms with Gasteiger partial charge in [0, 0.05) is 11.6 Å². The number of amides is 1. The number of benzene rings is 1. The molecule has 2 saturated carbocycles. The van der Waals surface area contributed by atoms with Crippen molar-refractivity contribution < 1.29 is 18.0 Å². The molecule has 25 heavy (non-hydrogen) atoms. The lowest BCUT2D eigenvalue weighted by Crippen LogP contribution is -2.45. The van der Waals surface area contributed by atoms with Gasteiger partial charge in [-0.1, -0.05) is 18.6 Å². The van der Waals surface area contributed by atoms with Crippen LogP contribution in [0.1, 0.15) is 43.0 Å². The standard InChI is InChI=1S/C18H24N2O4S/c1-12(21)14-4-3-5-16(10-14)20(25(2,23)24)11-18(22)19-17-9-13-6-7-15(17)8-13/h3-5,10,13,15,17H,6-9,11H2,1-2H3,(H,19,22)/t13-,15-,17-/m1/s1. The molecule has 1 amide bonds. The van der Waals surface area contributed by atoms with E-state index in [4.69, 9.17) is 0 Å². The predicted octanol–water partition coefficient (Wildman–Crippen LogP) is 1.96. The van der Waals surface area contributed by atoms with Crippen molar-refractivity contribution in [2.75, 3.05) is 17.1 Å². The van der Waals surface area contributed by atoms with Gasteiger partial charge in [-0.2, -0.15) is 0 Å². The van der Waals surface area contributed by atoms with Gasteiger partial charge in [0.2, 0.25) is 15.9 Å². The Morgan fingerprint density at radius 3 is 2.56 bits per heavy atom. The molecule has 1 aromatic rings. The van der Waals surface area contributed by atoms with Crippen molar-refractivity contribution >= 4 is 27.4 Å². The van der Waals surface area contributed by atoms with E-state index in [1.165, 1.54) is 25.8 Å². The first-order valence-electron chi connectivity index (χ1n) is 8.62. The van der Waals surface area contributed by atoms with Crippen LogP contribution >= 0.6 is 0 Å². The van der Waals surface area contributed by atoms with Crippen molar-refractivity contribution in [1.82, 2.24) is 5.32 Å². The van der Waals surface area contributed by atoms with E-state index in [-0.39, 0.29) is 24.3 Å². The van der Waals surface area contributed by atoms with E-state index >= 15 is 0 Å². The summed E-state index contributed by atoms with van der Waals surface area (Å²) in [7, 11) is -3.64. The molecule has 0 aliphatic heterocycles. The van der Waals surface area contributed by atoms with Gasteiger partial charge in [0.15, 0.2) is 5.78 Å². The number of hydrogen-bond acceptors (Lipinski definition) is 4. The average Bonchev–Trinajstić information content (AvgIpc) is 3.14. The quantitative estimate of drug-likeness (QED) is 0.782. The number of sulfonamides is 1. The largest absolute Gasteiger partial charge is 0.352 e. The fourth-order valence-corrected chi connectivity index (χ4v) is 4.93. The Kier molecular flexibility index (Phi) is 4.86. The maximum Gasteiger partial charge on any atom is 0.241 e. The normalized spacial score (nSPS) is 25.0. The summed E-state index contributed by atoms with van der Waals surface area (Å²) < 4.78 is 25.4. The van der Waals surface area contributed by atoms with Gasteiger partial charge in [0.05, 0.1) is 11.9 Å². The summed E-state index contributed by atoms with van der Waals surface area (Å²) >= 11 is 0. The minimum absolute atomic E-state index is 0.151. The summed E-state index contributed by atoms with van der Waals surface area (Å²) in [6.45, 7) is 1.15. The van der Waals surface area contributed by atoms with Gasteiger partial charge < -0.3 is 5.32 Å². The molecule has 0 unspecified atom stereocenters. The minimum Gasteiger partial charge on any atom is -0.352 e. The van der Waals surface area contributed by atoms with Crippen LogP contribution in [0.25, 0.3) is 0 Å². The average molecular weight is 364 g/mol. The van der Waals surface area contributed by atoms with E-state index in [0.717, 1.165) is 23.4 Å². The summed E-state index contributed by atoms with van der Waals surface area (Å²) in [6.07, 6.45) is 5.62. The third-order valence-electron chi connectivity index (χ3n) is 5.31. The SMILES string of the molecule is CC(=O)c1cccc(N(CC(=O)N[C@@H]2C[C@@H]3CC[C@@H]2C3)S(C)(=O)=O)c1. The van der Waals surface area contributed by atoms with Gasteiger partial charge >= 0.3 is 0 Å². The number of ketones is 1. The first-order chi connectivity index (χ1) is 11.7. The summed E-state index contributed by atoms with van der Waals surface area (Å²) in [5, 5.41) is 3.01. The molecule has 0 saturated heterocycles. The Balaban J connectivity index is 1.74. The molecule has 1 aromatic carbocycles. The minimum atomic E-state index is -3.64. The highest BCUT2D eigenvalue weighted by atomic mass is 32.2. The van der Waals surface area contributed by atoms with E-state index in [2.05, 4.69) is 5.32 Å². The smallest absolute Gasteiger partial charge is 0.241 e. The van der Waals surface area contributed by atoms with Crippen LogP contribution in [0.4, 0.5) is 5.69 Å². The fourth-order valence-electron chi connectivity index (χ4n) is 4.08. The number of nitrogens with one attached hydrogen (secondary N) is 1. The molecular weight excluding hydrogens is 340 g/mol. The van der Waals surface area contributed by atoms with E-state index in [9.17, 15) is 18.0 Å². The first-order valence-corrected chi connectivity index (χ1v) is 10.5. The van der Waals surface area contributed by atoms with Crippen LogP contribution in [0.2, 0.25) is 0 Å². The third-order valence-corrected chi connectivity index (χ3v) is 6.45. The van der Waals surface area contributed by atoms with Crippen LogP contribution in [-0.4, -0.2) is 39.0 Å². The van der Waals surface area contributed by atoms with Gasteiger partial charge in [0.1, 0.15) is 6.54 Å². The van der Waals surface area contributed by atoms with Crippen molar-refractivity contribution in [3.05, 3.63) is 29.8 Å². The number of nitrogens with zero attached hydrogens (tertiary/aromatic N) is 1. The number of Topliss-reactive ketones (excluding diaryl/α,β-unsaturated/α-hetero) is 1. The Labute approximate surface area is 148 Å². The Bertz CT molecular complexity index is 790. The highest BCUT2D eigenvalue weighted by Crippen LogP contribution is 2.44. The van der Waals surface area contributed by atoms with Gasteiger partial charge in [-0.25, -0.2) is 8.42 Å². The lowest BCUT2D eigenvalue weighted by molar-refractivity contribution is -0.120. The number of fused-ring (bicyclic) bond motifs is 2. The summed E-state index contributed by atoms with van der Waals surface area (Å²) in [6, 6.07) is 6.52. The number of rotatable bonds is 6. The Hall–Kier alpha value is -1.89. The molecule has 0 radical (unpaired) electrons. The second-order valence-electron chi connectivity index (χ2n) is 7.23. The van der Waals surface area contributed by atoms with Crippen molar-refractivity contribution in [2.24, 2.45) is 11.8 Å². The van der Waals surface area contributed by atoms with Crippen molar-refractivity contribution in [3.8, 4) is 0 Å². The molecule has 3 atom stereocenters. The van der Waals surface area contributed by atoms with Crippen LogP contribution < -0.4 is 9.62 Å². The third kappa shape index (κ3) is 4.03. The van der Waals surface area contributed by atoms with E-state index in [1.807, 2.05) is 0 Å². The first kappa shape index (κ1) is 17.9. The van der Waals surface area contributed by atoms with Crippen LogP contribution in [0.5, 0.6) is 0 Å². The van der Waals surface area contributed by atoms with Gasteiger partial charge in [-0.3, -0.25) is 13.9 Å². The molecule has 7 heteroatoms. The van der Waals surface area contributed by atoms with Crippen molar-refractivity contribution in [3.63, 3.8) is 0 Å². The zero-order valence-corrected chi connectivity index (χ0v) is 15.4. The molecule has 2 aliphatic rings. The monoisotopic (exact) mass is 364 g/mol. The Morgan fingerprint density at radius 2 is 2.00 bits per heavy atom. The molecular formula is C18H24N2O4S. The number of carbonyl (C=O) groups is 2. The lowest BCUT2D eigenvalue weighted by Gasteiger charge is -2.26. The number of anilines is 1. The second-order valence-corrected chi connectivity index (χ2v) is 9.13. The Morgan fingerprint density at radius 1 is 1.24 bits per heavy atom. The summed E-state index contributed by atoms with van der Waals surface area (Å²) in [5.41, 5.74) is 0.748. The van der Waals surface area contributed by atoms with E-state index in [0.29, 0.717) is 23.1 Å². The molecule has 2 aliphatic carbocycles. The van der Waals surface area contributed by atoms with Crippen molar-refractivity contribution in [1.29, 1.82) is 0 Å². The zero-order valence-electron chi connectivity index (χ0n) is 14.6. The molecule has 3 rings (SSSR count). The lowest BCUT2D eigenvalue weighted by atomic mass is 9.95. The molecule has 0 aromatic heterocycles. The second kappa shape index (κ2) is 6.78. The maximum atomic E-state index is 12.4. The number of carbonyl (C=O) groups excluding carboxylic acids is 2. The van der Waals surface area contributed by atoms with E-state index in [1.54, 1.807) is 18.2 Å². The molecule has 136 valence electrons. The van der Waals surface area contributed by atoms with Gasteiger partial charge in [-0.05, 0) is 50.2 Å². The summed E-state index contributed by atoms with van der Waals surface area (Å²) in [4.78, 5) is 24.0. The van der Waals surface area contributed by atoms with Gasteiger partial charge in [-0.15, -0.1) is 0 Å². The van der Waals surface area contributed by atoms with Crippen LogP contribution in [-0.2, 0) is 14.8 Å². The molecule has 1 N–H and O–H groups in total. The van der Waals surface area contributed by atoms with E-state index < -0.39 is 10.0 Å². The molecule has 6 nitrogen and oxygen atoms in total. The topological polar surface area (TPSA) is 83.6 Å². The predicted molar refractivity (Wildman–Crippen MR) is 96.0 cm³/mol. The molecule has 2 bridgehead atoms. The van der Waals surface area contributed by atoms with Crippen LogP contribution in [0, 0.1) is 11.8 Å². The molecule has 0 heterocycles. The van der Waals surface area contributed by atoms with Gasteiger partial charge in [0.25, 0.3) is 0 Å². The molecule has 0 spiro atoms. The zero-order chi connectivity index (χ0) is 18.2. The highest BCUT2D eigenvalue weighted by Gasteiger charge is 2.40.